The maximum Gasteiger partial charge on any atom is 0.228 e. The van der Waals surface area contributed by atoms with Gasteiger partial charge in [-0.25, -0.2) is 0 Å². The molecular weight excluding hydrogens is 368 g/mol. The van der Waals surface area contributed by atoms with Gasteiger partial charge in [0.2, 0.25) is 5.95 Å². The van der Waals surface area contributed by atoms with Crippen LogP contribution < -0.4 is 4.90 Å². The molecule has 0 spiro atoms. The second-order valence-electron chi connectivity index (χ2n) is 7.71. The Morgan fingerprint density at radius 2 is 1.79 bits per heavy atom. The summed E-state index contributed by atoms with van der Waals surface area (Å²) in [6.07, 6.45) is 6.12. The minimum Gasteiger partial charge on any atom is -0.341 e. The number of piperidine rings is 1. The van der Waals surface area contributed by atoms with Gasteiger partial charge in [0.1, 0.15) is 0 Å². The summed E-state index contributed by atoms with van der Waals surface area (Å²) < 4.78 is 2.28. The number of nitrogens with zero attached hydrogens (tertiary/aromatic N) is 4. The predicted octanol–water partition coefficient (Wildman–Crippen LogP) is 4.73. The van der Waals surface area contributed by atoms with E-state index in [9.17, 15) is 4.79 Å². The first kappa shape index (κ1) is 17.7. The SMILES string of the molecule is O=C(CSc1nnc(N2CCCCC2)n1C1CC1)c1ccc2ccccc2c1. The number of benzene rings is 2. The second kappa shape index (κ2) is 7.59. The molecule has 1 saturated heterocycles. The van der Waals surface area contributed by atoms with E-state index in [2.05, 4.69) is 25.7 Å². The lowest BCUT2D eigenvalue weighted by Gasteiger charge is -2.27. The second-order valence-corrected chi connectivity index (χ2v) is 8.65. The van der Waals surface area contributed by atoms with Gasteiger partial charge in [-0.1, -0.05) is 48.2 Å². The standard InChI is InChI=1S/C22H24N4OS/c27-20(18-9-8-16-6-2-3-7-17(16)14-18)15-28-22-24-23-21(26(22)19-10-11-19)25-12-4-1-5-13-25/h2-3,6-9,14,19H,1,4-5,10-13,15H2. The molecule has 5 rings (SSSR count). The number of carbonyl (C=O) groups is 1. The molecule has 0 bridgehead atoms. The number of Topliss-reactive ketones (excluding diaryl/α,β-unsaturated/α-hetero) is 1. The van der Waals surface area contributed by atoms with Gasteiger partial charge in [0, 0.05) is 24.7 Å². The van der Waals surface area contributed by atoms with Crippen LogP contribution in [0, 0.1) is 0 Å². The van der Waals surface area contributed by atoms with Crippen LogP contribution in [0.25, 0.3) is 10.8 Å². The molecule has 0 unspecified atom stereocenters. The molecule has 0 atom stereocenters. The van der Waals surface area contributed by atoms with E-state index >= 15 is 0 Å². The quantitative estimate of drug-likeness (QED) is 0.448. The Bertz CT molecular complexity index is 1000. The van der Waals surface area contributed by atoms with Gasteiger partial charge in [-0.2, -0.15) is 0 Å². The van der Waals surface area contributed by atoms with Crippen LogP contribution >= 0.6 is 11.8 Å². The first-order chi connectivity index (χ1) is 13.8. The summed E-state index contributed by atoms with van der Waals surface area (Å²) in [6.45, 7) is 2.12. The summed E-state index contributed by atoms with van der Waals surface area (Å²) in [5.74, 6) is 1.53. The summed E-state index contributed by atoms with van der Waals surface area (Å²) in [6, 6.07) is 14.6. The smallest absolute Gasteiger partial charge is 0.228 e. The fraction of sp³-hybridized carbons (Fsp3) is 0.409. The molecule has 2 aromatic carbocycles. The highest BCUT2D eigenvalue weighted by Crippen LogP contribution is 2.41. The van der Waals surface area contributed by atoms with Crippen molar-refractivity contribution in [3.05, 3.63) is 48.0 Å². The van der Waals surface area contributed by atoms with Crippen LogP contribution in [0.4, 0.5) is 5.95 Å². The lowest BCUT2D eigenvalue weighted by molar-refractivity contribution is 0.102. The highest BCUT2D eigenvalue weighted by Gasteiger charge is 2.32. The van der Waals surface area contributed by atoms with Crippen molar-refractivity contribution in [3.63, 3.8) is 0 Å². The van der Waals surface area contributed by atoms with Crippen molar-refractivity contribution >= 4 is 34.3 Å². The van der Waals surface area contributed by atoms with Gasteiger partial charge in [-0.05, 0) is 48.9 Å². The number of aromatic nitrogens is 3. The molecule has 1 aromatic heterocycles. The van der Waals surface area contributed by atoms with E-state index in [-0.39, 0.29) is 5.78 Å². The number of thioether (sulfide) groups is 1. The summed E-state index contributed by atoms with van der Waals surface area (Å²) >= 11 is 1.52. The van der Waals surface area contributed by atoms with Crippen molar-refractivity contribution in [2.75, 3.05) is 23.7 Å². The zero-order valence-electron chi connectivity index (χ0n) is 15.9. The average Bonchev–Trinajstić information content (AvgIpc) is 3.51. The van der Waals surface area contributed by atoms with Crippen molar-refractivity contribution in [3.8, 4) is 0 Å². The Hall–Kier alpha value is -2.34. The Labute approximate surface area is 169 Å². The van der Waals surface area contributed by atoms with Crippen molar-refractivity contribution in [1.29, 1.82) is 0 Å². The normalized spacial score (nSPS) is 17.2. The van der Waals surface area contributed by atoms with Gasteiger partial charge in [-0.3, -0.25) is 9.36 Å². The van der Waals surface area contributed by atoms with Crippen molar-refractivity contribution in [1.82, 2.24) is 14.8 Å². The molecule has 3 aromatic rings. The maximum absolute atomic E-state index is 12.8. The lowest BCUT2D eigenvalue weighted by atomic mass is 10.1. The van der Waals surface area contributed by atoms with Crippen molar-refractivity contribution in [2.45, 2.75) is 43.3 Å². The molecule has 144 valence electrons. The van der Waals surface area contributed by atoms with Crippen LogP contribution in [0.1, 0.15) is 48.5 Å². The van der Waals surface area contributed by atoms with Gasteiger partial charge in [-0.15, -0.1) is 10.2 Å². The lowest BCUT2D eigenvalue weighted by Crippen LogP contribution is -2.31. The van der Waals surface area contributed by atoms with Crippen LogP contribution in [-0.2, 0) is 0 Å². The molecule has 6 heteroatoms. The van der Waals surface area contributed by atoms with Crippen LogP contribution in [0.5, 0.6) is 0 Å². The number of rotatable bonds is 6. The third kappa shape index (κ3) is 3.53. The van der Waals surface area contributed by atoms with E-state index in [0.29, 0.717) is 11.8 Å². The zero-order chi connectivity index (χ0) is 18.9. The first-order valence-corrected chi connectivity index (χ1v) is 11.1. The third-order valence-corrected chi connectivity index (χ3v) is 6.54. The Balaban J connectivity index is 1.33. The van der Waals surface area contributed by atoms with E-state index in [0.717, 1.165) is 40.5 Å². The molecule has 0 N–H and O–H groups in total. The molecule has 5 nitrogen and oxygen atoms in total. The monoisotopic (exact) mass is 392 g/mol. The molecule has 2 aliphatic rings. The summed E-state index contributed by atoms with van der Waals surface area (Å²) in [4.78, 5) is 15.1. The number of anilines is 1. The number of fused-ring (bicyclic) bond motifs is 1. The van der Waals surface area contributed by atoms with E-state index in [4.69, 9.17) is 0 Å². The zero-order valence-corrected chi connectivity index (χ0v) is 16.7. The van der Waals surface area contributed by atoms with E-state index < -0.39 is 0 Å². The summed E-state index contributed by atoms with van der Waals surface area (Å²) in [5, 5.41) is 12.1. The van der Waals surface area contributed by atoms with Crippen LogP contribution in [0.3, 0.4) is 0 Å². The van der Waals surface area contributed by atoms with E-state index in [1.54, 1.807) is 0 Å². The fourth-order valence-electron chi connectivity index (χ4n) is 3.91. The Kier molecular flexibility index (Phi) is 4.81. The number of carbonyl (C=O) groups excluding carboxylic acids is 1. The van der Waals surface area contributed by atoms with Crippen molar-refractivity contribution < 1.29 is 4.79 Å². The highest BCUT2D eigenvalue weighted by molar-refractivity contribution is 7.99. The minimum atomic E-state index is 0.139. The first-order valence-electron chi connectivity index (χ1n) is 10.1. The van der Waals surface area contributed by atoms with Gasteiger partial charge in [0.05, 0.1) is 5.75 Å². The summed E-state index contributed by atoms with van der Waals surface area (Å²) in [7, 11) is 0. The van der Waals surface area contributed by atoms with Crippen LogP contribution in [-0.4, -0.2) is 39.4 Å². The topological polar surface area (TPSA) is 51.0 Å². The number of hydrogen-bond acceptors (Lipinski definition) is 5. The van der Waals surface area contributed by atoms with Gasteiger partial charge < -0.3 is 4.90 Å². The predicted molar refractivity (Wildman–Crippen MR) is 113 cm³/mol. The van der Waals surface area contributed by atoms with Gasteiger partial charge in [0.25, 0.3) is 0 Å². The fourth-order valence-corrected chi connectivity index (χ4v) is 4.80. The average molecular weight is 393 g/mol. The molecule has 2 fully saturated rings. The van der Waals surface area contributed by atoms with E-state index in [1.807, 2.05) is 36.4 Å². The molecule has 1 aliphatic carbocycles. The Morgan fingerprint density at radius 3 is 2.57 bits per heavy atom. The minimum absolute atomic E-state index is 0.139. The van der Waals surface area contributed by atoms with Gasteiger partial charge >= 0.3 is 0 Å². The molecule has 1 aliphatic heterocycles. The largest absolute Gasteiger partial charge is 0.341 e. The van der Waals surface area contributed by atoms with Crippen molar-refractivity contribution in [2.24, 2.45) is 0 Å². The Morgan fingerprint density at radius 1 is 1.00 bits per heavy atom. The number of hydrogen-bond donors (Lipinski definition) is 0. The van der Waals surface area contributed by atoms with E-state index in [1.165, 1.54) is 43.9 Å². The number of ketones is 1. The van der Waals surface area contributed by atoms with Crippen LogP contribution in [0.2, 0.25) is 0 Å². The molecule has 0 radical (unpaired) electrons. The molecule has 1 saturated carbocycles. The highest BCUT2D eigenvalue weighted by atomic mass is 32.2. The molecular formula is C22H24N4OS. The summed E-state index contributed by atoms with van der Waals surface area (Å²) in [5.41, 5.74) is 0.764. The van der Waals surface area contributed by atoms with Gasteiger partial charge in [0.15, 0.2) is 10.9 Å². The van der Waals surface area contributed by atoms with Crippen LogP contribution in [0.15, 0.2) is 47.6 Å². The maximum atomic E-state index is 12.8. The molecule has 28 heavy (non-hydrogen) atoms. The third-order valence-electron chi connectivity index (χ3n) is 5.60. The molecule has 0 amide bonds. The molecule has 2 heterocycles.